The molecule has 0 saturated heterocycles. The number of primary amides is 1. The number of nitrogens with two attached hydrogens (primary N) is 1. The molecule has 0 saturated carbocycles. The van der Waals surface area contributed by atoms with Gasteiger partial charge in [0.1, 0.15) is 11.8 Å². The predicted molar refractivity (Wildman–Crippen MR) is 117 cm³/mol. The summed E-state index contributed by atoms with van der Waals surface area (Å²) < 4.78 is 0. The van der Waals surface area contributed by atoms with Crippen molar-refractivity contribution in [3.05, 3.63) is 77.1 Å². The molecule has 2 aromatic carbocycles. The number of aromatic hydroxyl groups is 1. The molecule has 10 heteroatoms. The number of carbonyl (C=O) groups excluding carboxylic acids is 3. The highest BCUT2D eigenvalue weighted by Crippen LogP contribution is 2.15. The van der Waals surface area contributed by atoms with Crippen LogP contribution < -0.4 is 16.4 Å². The van der Waals surface area contributed by atoms with E-state index in [4.69, 9.17) is 5.73 Å². The lowest BCUT2D eigenvalue weighted by molar-refractivity contribution is -0.119. The molecule has 0 unspecified atom stereocenters. The molecule has 0 bridgehead atoms. The average molecular weight is 434 g/mol. The molecule has 0 aliphatic heterocycles. The number of aromatic amines is 1. The van der Waals surface area contributed by atoms with Crippen LogP contribution in [0.15, 0.2) is 60.3 Å². The fourth-order valence-electron chi connectivity index (χ4n) is 2.82. The highest BCUT2D eigenvalue weighted by Gasteiger charge is 2.20. The van der Waals surface area contributed by atoms with Crippen LogP contribution in [0.5, 0.6) is 5.75 Å². The van der Waals surface area contributed by atoms with Gasteiger partial charge in [-0.15, -0.1) is 0 Å². The fraction of sp³-hybridized carbons (Fsp3) is 0.136. The SMILES string of the molecule is C/C(=C\c1ccc(O)cc1)C(=O)Nc1ccc(C(=O)N[C@@H](Cc2cn[nH]n2)C(N)=O)cc1. The van der Waals surface area contributed by atoms with E-state index in [9.17, 15) is 19.5 Å². The summed E-state index contributed by atoms with van der Waals surface area (Å²) >= 11 is 0. The Balaban J connectivity index is 1.61. The number of carbonyl (C=O) groups is 3. The predicted octanol–water partition coefficient (Wildman–Crippen LogP) is 1.38. The van der Waals surface area contributed by atoms with Crippen molar-refractivity contribution in [1.29, 1.82) is 0 Å². The van der Waals surface area contributed by atoms with Crippen molar-refractivity contribution in [3.63, 3.8) is 0 Å². The monoisotopic (exact) mass is 434 g/mol. The van der Waals surface area contributed by atoms with Gasteiger partial charge in [0.2, 0.25) is 5.91 Å². The number of aromatic nitrogens is 3. The quantitative estimate of drug-likeness (QED) is 0.336. The Morgan fingerprint density at radius 2 is 1.81 bits per heavy atom. The molecule has 3 aromatic rings. The number of H-pyrrole nitrogens is 1. The van der Waals surface area contributed by atoms with Gasteiger partial charge in [-0.1, -0.05) is 12.1 Å². The number of phenolic OH excluding ortho intramolecular Hbond substituents is 1. The van der Waals surface area contributed by atoms with Crippen LogP contribution in [0.3, 0.4) is 0 Å². The van der Waals surface area contributed by atoms with Crippen LogP contribution in [0.4, 0.5) is 5.69 Å². The fourth-order valence-corrected chi connectivity index (χ4v) is 2.82. The lowest BCUT2D eigenvalue weighted by atomic mass is 10.1. The Bertz CT molecular complexity index is 1120. The molecule has 0 aliphatic carbocycles. The van der Waals surface area contributed by atoms with E-state index >= 15 is 0 Å². The summed E-state index contributed by atoms with van der Waals surface area (Å²) in [6.45, 7) is 1.67. The molecule has 10 nitrogen and oxygen atoms in total. The second-order valence-corrected chi connectivity index (χ2v) is 7.04. The van der Waals surface area contributed by atoms with E-state index in [1.807, 2.05) is 0 Å². The average Bonchev–Trinajstić information content (AvgIpc) is 3.28. The smallest absolute Gasteiger partial charge is 0.251 e. The van der Waals surface area contributed by atoms with Crippen molar-refractivity contribution in [1.82, 2.24) is 20.7 Å². The molecule has 6 N–H and O–H groups in total. The zero-order valence-electron chi connectivity index (χ0n) is 17.2. The number of nitrogens with zero attached hydrogens (tertiary/aromatic N) is 2. The number of phenols is 1. The number of rotatable bonds is 8. The molecule has 1 atom stereocenters. The Morgan fingerprint density at radius 3 is 2.41 bits per heavy atom. The van der Waals surface area contributed by atoms with Crippen molar-refractivity contribution < 1.29 is 19.5 Å². The first kappa shape index (κ1) is 22.2. The summed E-state index contributed by atoms with van der Waals surface area (Å²) in [7, 11) is 0. The van der Waals surface area contributed by atoms with Crippen molar-refractivity contribution in [3.8, 4) is 5.75 Å². The molecule has 3 amide bonds. The van der Waals surface area contributed by atoms with Crippen LogP contribution in [0.1, 0.15) is 28.5 Å². The second kappa shape index (κ2) is 10.0. The summed E-state index contributed by atoms with van der Waals surface area (Å²) in [4.78, 5) is 36.5. The first-order valence-corrected chi connectivity index (χ1v) is 9.65. The van der Waals surface area contributed by atoms with Crippen LogP contribution in [-0.4, -0.2) is 44.3 Å². The van der Waals surface area contributed by atoms with Crippen LogP contribution in [-0.2, 0) is 16.0 Å². The van der Waals surface area contributed by atoms with Gasteiger partial charge in [0.05, 0.1) is 11.9 Å². The van der Waals surface area contributed by atoms with E-state index in [1.165, 1.54) is 30.5 Å². The third kappa shape index (κ3) is 6.02. The van der Waals surface area contributed by atoms with Crippen LogP contribution in [0, 0.1) is 0 Å². The maximum atomic E-state index is 12.5. The number of hydrogen-bond donors (Lipinski definition) is 5. The minimum absolute atomic E-state index is 0.109. The van der Waals surface area contributed by atoms with Gasteiger partial charge in [0.15, 0.2) is 0 Å². The molecular weight excluding hydrogens is 412 g/mol. The lowest BCUT2D eigenvalue weighted by Crippen LogP contribution is -2.45. The molecule has 3 rings (SSSR count). The van der Waals surface area contributed by atoms with Crippen molar-refractivity contribution in [2.45, 2.75) is 19.4 Å². The molecule has 0 radical (unpaired) electrons. The highest BCUT2D eigenvalue weighted by atomic mass is 16.3. The second-order valence-electron chi connectivity index (χ2n) is 7.04. The summed E-state index contributed by atoms with van der Waals surface area (Å²) in [6, 6.07) is 11.7. The molecule has 32 heavy (non-hydrogen) atoms. The van der Waals surface area contributed by atoms with E-state index in [2.05, 4.69) is 26.0 Å². The maximum absolute atomic E-state index is 12.5. The Hall–Kier alpha value is -4.47. The van der Waals surface area contributed by atoms with Crippen LogP contribution in [0.25, 0.3) is 6.08 Å². The van der Waals surface area contributed by atoms with Crippen molar-refractivity contribution in [2.75, 3.05) is 5.32 Å². The molecule has 1 aromatic heterocycles. The van der Waals surface area contributed by atoms with Crippen molar-refractivity contribution >= 4 is 29.5 Å². The molecule has 1 heterocycles. The minimum atomic E-state index is -0.945. The normalized spacial score (nSPS) is 12.1. The zero-order valence-corrected chi connectivity index (χ0v) is 17.2. The molecule has 0 spiro atoms. The van der Waals surface area contributed by atoms with Crippen LogP contribution in [0.2, 0.25) is 0 Å². The van der Waals surface area contributed by atoms with Gasteiger partial charge in [0.25, 0.3) is 11.8 Å². The summed E-state index contributed by atoms with van der Waals surface area (Å²) in [5.41, 5.74) is 7.90. The van der Waals surface area contributed by atoms with E-state index < -0.39 is 17.9 Å². The molecule has 0 aliphatic rings. The van der Waals surface area contributed by atoms with E-state index in [1.54, 1.807) is 37.3 Å². The van der Waals surface area contributed by atoms with Gasteiger partial charge in [-0.3, -0.25) is 14.4 Å². The Morgan fingerprint density at radius 1 is 1.12 bits per heavy atom. The summed E-state index contributed by atoms with van der Waals surface area (Å²) in [6.07, 6.45) is 3.24. The third-order valence-corrected chi connectivity index (χ3v) is 4.57. The van der Waals surface area contributed by atoms with E-state index in [0.717, 1.165) is 5.56 Å². The topological polar surface area (TPSA) is 163 Å². The van der Waals surface area contributed by atoms with Crippen molar-refractivity contribution in [2.24, 2.45) is 5.73 Å². The lowest BCUT2D eigenvalue weighted by Gasteiger charge is -2.14. The Kier molecular flexibility index (Phi) is 6.96. The highest BCUT2D eigenvalue weighted by molar-refractivity contribution is 6.06. The van der Waals surface area contributed by atoms with E-state index in [-0.39, 0.29) is 18.1 Å². The Labute approximate surface area is 183 Å². The van der Waals surface area contributed by atoms with Gasteiger partial charge in [-0.25, -0.2) is 0 Å². The van der Waals surface area contributed by atoms with Gasteiger partial charge in [0, 0.05) is 23.2 Å². The molecule has 164 valence electrons. The van der Waals surface area contributed by atoms with Gasteiger partial charge < -0.3 is 21.5 Å². The van der Waals surface area contributed by atoms with Gasteiger partial charge >= 0.3 is 0 Å². The standard InChI is InChI=1S/C22H22N6O4/c1-13(10-14-2-8-18(29)9-3-14)21(31)25-16-6-4-15(5-7-16)22(32)26-19(20(23)30)11-17-12-24-28-27-17/h2-10,12,19,29H,11H2,1H3,(H2,23,30)(H,25,31)(H,26,32)(H,24,27,28)/b13-10+/t19-/m0/s1. The maximum Gasteiger partial charge on any atom is 0.251 e. The van der Waals surface area contributed by atoms with Gasteiger partial charge in [-0.05, 0) is 55.0 Å². The summed E-state index contributed by atoms with van der Waals surface area (Å²) in [5.74, 6) is -1.34. The molecular formula is C22H22N6O4. The first-order valence-electron chi connectivity index (χ1n) is 9.65. The van der Waals surface area contributed by atoms with Crippen LogP contribution >= 0.6 is 0 Å². The number of nitrogens with one attached hydrogen (secondary N) is 3. The third-order valence-electron chi connectivity index (χ3n) is 4.57. The number of amides is 3. The van der Waals surface area contributed by atoms with Gasteiger partial charge in [-0.2, -0.15) is 15.4 Å². The number of anilines is 1. The number of benzene rings is 2. The first-order chi connectivity index (χ1) is 15.3. The number of hydrogen-bond acceptors (Lipinski definition) is 6. The molecule has 0 fully saturated rings. The minimum Gasteiger partial charge on any atom is -0.508 e. The summed E-state index contributed by atoms with van der Waals surface area (Å²) in [5, 5.41) is 24.6. The largest absolute Gasteiger partial charge is 0.508 e. The zero-order chi connectivity index (χ0) is 23.1. The van der Waals surface area contributed by atoms with E-state index in [0.29, 0.717) is 22.5 Å².